The van der Waals surface area contributed by atoms with Crippen molar-refractivity contribution in [3.05, 3.63) is 47.3 Å². The number of aromatic hydroxyl groups is 1. The van der Waals surface area contributed by atoms with Crippen LogP contribution >= 0.6 is 0 Å². The Morgan fingerprint density at radius 1 is 1.19 bits per heavy atom. The standard InChI is InChI=1S/C26H27N9O2/c1-2-7-35-25-20(14-27-35)24(28-23-13-21(31-32-23)18-5-6-18)29-26(30-25)34-10-8-33(9-11-34)15-17-3-4-19(16-36)22(37)12-17/h1,3-4,12-14,16,18,37H,5-11,15H2,(H2,28,29,30,31,32). The maximum absolute atomic E-state index is 11.0. The molecule has 3 N–H and O–H groups in total. The molecule has 4 aromatic rings. The summed E-state index contributed by atoms with van der Waals surface area (Å²) in [5.74, 6) is 5.19. The van der Waals surface area contributed by atoms with E-state index in [2.05, 4.69) is 36.3 Å². The third-order valence-electron chi connectivity index (χ3n) is 6.87. The topological polar surface area (TPSA) is 128 Å². The Balaban J connectivity index is 1.21. The Bertz CT molecular complexity index is 1490. The molecule has 4 heterocycles. The van der Waals surface area contributed by atoms with Gasteiger partial charge in [-0.3, -0.25) is 14.8 Å². The molecular formula is C26H27N9O2. The minimum absolute atomic E-state index is 0.0117. The summed E-state index contributed by atoms with van der Waals surface area (Å²) in [6.07, 6.45) is 10.3. The number of carbonyl (C=O) groups excluding carboxylic acids is 1. The van der Waals surface area contributed by atoms with Gasteiger partial charge in [-0.05, 0) is 30.5 Å². The van der Waals surface area contributed by atoms with Gasteiger partial charge in [0, 0.05) is 50.4 Å². The molecule has 0 radical (unpaired) electrons. The number of fused-ring (bicyclic) bond motifs is 1. The predicted octanol–water partition coefficient (Wildman–Crippen LogP) is 2.64. The first-order valence-corrected chi connectivity index (χ1v) is 12.3. The summed E-state index contributed by atoms with van der Waals surface area (Å²) in [4.78, 5) is 25.1. The first-order valence-electron chi connectivity index (χ1n) is 12.3. The molecule has 2 fully saturated rings. The van der Waals surface area contributed by atoms with E-state index in [0.29, 0.717) is 54.1 Å². The van der Waals surface area contributed by atoms with Crippen LogP contribution in [0.1, 0.15) is 40.4 Å². The highest BCUT2D eigenvalue weighted by atomic mass is 16.3. The van der Waals surface area contributed by atoms with E-state index in [-0.39, 0.29) is 5.75 Å². The van der Waals surface area contributed by atoms with Crippen molar-refractivity contribution < 1.29 is 9.90 Å². The molecule has 1 aromatic carbocycles. The molecule has 11 nitrogen and oxygen atoms in total. The molecule has 11 heteroatoms. The number of aromatic nitrogens is 6. The lowest BCUT2D eigenvalue weighted by Gasteiger charge is -2.34. The molecule has 2 aliphatic rings. The number of hydrogen-bond acceptors (Lipinski definition) is 9. The molecule has 0 atom stereocenters. The van der Waals surface area contributed by atoms with E-state index >= 15 is 0 Å². The van der Waals surface area contributed by atoms with Gasteiger partial charge >= 0.3 is 0 Å². The second-order valence-corrected chi connectivity index (χ2v) is 9.50. The number of aromatic amines is 1. The molecule has 1 aliphatic heterocycles. The van der Waals surface area contributed by atoms with E-state index in [9.17, 15) is 9.90 Å². The minimum atomic E-state index is 0.0117. The van der Waals surface area contributed by atoms with Crippen molar-refractivity contribution in [1.29, 1.82) is 0 Å². The van der Waals surface area contributed by atoms with Gasteiger partial charge in [-0.1, -0.05) is 12.0 Å². The summed E-state index contributed by atoms with van der Waals surface area (Å²) in [5, 5.41) is 26.1. The van der Waals surface area contributed by atoms with Crippen molar-refractivity contribution in [1.82, 2.24) is 34.8 Å². The van der Waals surface area contributed by atoms with Crippen molar-refractivity contribution in [3.63, 3.8) is 0 Å². The summed E-state index contributed by atoms with van der Waals surface area (Å²) in [6, 6.07) is 7.22. The fourth-order valence-electron chi connectivity index (χ4n) is 4.66. The van der Waals surface area contributed by atoms with Crippen LogP contribution in [-0.2, 0) is 13.1 Å². The molecule has 37 heavy (non-hydrogen) atoms. The normalized spacial score (nSPS) is 16.1. The fraction of sp³-hybridized carbons (Fsp3) is 0.346. The van der Waals surface area contributed by atoms with Crippen LogP contribution in [0.5, 0.6) is 5.75 Å². The number of nitrogens with one attached hydrogen (secondary N) is 2. The number of benzene rings is 1. The van der Waals surface area contributed by atoms with Gasteiger partial charge in [-0.25, -0.2) is 4.68 Å². The fourth-order valence-corrected chi connectivity index (χ4v) is 4.66. The summed E-state index contributed by atoms with van der Waals surface area (Å²) < 4.78 is 1.71. The molecular weight excluding hydrogens is 470 g/mol. The SMILES string of the molecule is C#CCn1ncc2c(Nc3cc(C4CC4)[nH]n3)nc(N3CCN(Cc4ccc(C=O)c(O)c4)CC3)nc21. The predicted molar refractivity (Wildman–Crippen MR) is 139 cm³/mol. The molecule has 0 amide bonds. The van der Waals surface area contributed by atoms with Crippen LogP contribution in [0.2, 0.25) is 0 Å². The number of rotatable bonds is 8. The minimum Gasteiger partial charge on any atom is -0.507 e. The Morgan fingerprint density at radius 3 is 2.76 bits per heavy atom. The van der Waals surface area contributed by atoms with Gasteiger partial charge in [0.25, 0.3) is 0 Å². The largest absolute Gasteiger partial charge is 0.507 e. The summed E-state index contributed by atoms with van der Waals surface area (Å²) in [7, 11) is 0. The molecule has 1 saturated carbocycles. The first-order chi connectivity index (χ1) is 18.1. The zero-order valence-corrected chi connectivity index (χ0v) is 20.3. The van der Waals surface area contributed by atoms with Crippen molar-refractivity contribution in [2.75, 3.05) is 36.4 Å². The van der Waals surface area contributed by atoms with Crippen LogP contribution in [0.25, 0.3) is 11.0 Å². The second kappa shape index (κ2) is 9.55. The highest BCUT2D eigenvalue weighted by Crippen LogP contribution is 2.40. The van der Waals surface area contributed by atoms with Gasteiger partial charge in [0.1, 0.15) is 18.1 Å². The third-order valence-corrected chi connectivity index (χ3v) is 6.87. The number of terminal acetylenes is 1. The Kier molecular flexibility index (Phi) is 5.94. The third kappa shape index (κ3) is 4.71. The highest BCUT2D eigenvalue weighted by molar-refractivity contribution is 5.89. The zero-order chi connectivity index (χ0) is 25.4. The van der Waals surface area contributed by atoms with Gasteiger partial charge < -0.3 is 15.3 Å². The van der Waals surface area contributed by atoms with E-state index in [1.54, 1.807) is 23.0 Å². The summed E-state index contributed by atoms with van der Waals surface area (Å²) >= 11 is 0. The monoisotopic (exact) mass is 497 g/mol. The van der Waals surface area contributed by atoms with Gasteiger partial charge in [-0.15, -0.1) is 6.42 Å². The average molecular weight is 498 g/mol. The van der Waals surface area contributed by atoms with Crippen LogP contribution in [0.3, 0.4) is 0 Å². The molecule has 3 aromatic heterocycles. The number of aldehydes is 1. The number of phenols is 1. The highest BCUT2D eigenvalue weighted by Gasteiger charge is 2.26. The number of piperazine rings is 1. The Morgan fingerprint density at radius 2 is 2.03 bits per heavy atom. The van der Waals surface area contributed by atoms with Crippen molar-refractivity contribution >= 4 is 34.9 Å². The van der Waals surface area contributed by atoms with Gasteiger partial charge in [0.05, 0.1) is 17.1 Å². The lowest BCUT2D eigenvalue weighted by Crippen LogP contribution is -2.46. The quantitative estimate of drug-likeness (QED) is 0.249. The molecule has 6 rings (SSSR count). The lowest BCUT2D eigenvalue weighted by atomic mass is 10.1. The van der Waals surface area contributed by atoms with Crippen LogP contribution < -0.4 is 10.2 Å². The molecule has 188 valence electrons. The van der Waals surface area contributed by atoms with Crippen LogP contribution in [0, 0.1) is 12.3 Å². The van der Waals surface area contributed by atoms with Crippen molar-refractivity contribution in [3.8, 4) is 18.1 Å². The van der Waals surface area contributed by atoms with Crippen LogP contribution in [0.15, 0.2) is 30.5 Å². The van der Waals surface area contributed by atoms with Gasteiger partial charge in [-0.2, -0.15) is 20.2 Å². The molecule has 1 aliphatic carbocycles. The number of phenolic OH excluding ortho intramolecular Hbond substituents is 1. The number of carbonyl (C=O) groups is 1. The van der Waals surface area contributed by atoms with E-state index in [4.69, 9.17) is 16.4 Å². The van der Waals surface area contributed by atoms with Crippen molar-refractivity contribution in [2.45, 2.75) is 31.8 Å². The number of nitrogens with zero attached hydrogens (tertiary/aromatic N) is 7. The average Bonchev–Trinajstić information content (AvgIpc) is 3.52. The lowest BCUT2D eigenvalue weighted by molar-refractivity contribution is 0.112. The number of H-pyrrole nitrogens is 1. The number of anilines is 3. The maximum Gasteiger partial charge on any atom is 0.229 e. The Labute approximate surface area is 213 Å². The van der Waals surface area contributed by atoms with E-state index < -0.39 is 0 Å². The summed E-state index contributed by atoms with van der Waals surface area (Å²) in [6.45, 7) is 4.08. The smallest absolute Gasteiger partial charge is 0.229 e. The van der Waals surface area contributed by atoms with E-state index in [1.165, 1.54) is 12.8 Å². The van der Waals surface area contributed by atoms with Crippen molar-refractivity contribution in [2.24, 2.45) is 0 Å². The van der Waals surface area contributed by atoms with Gasteiger partial charge in [0.15, 0.2) is 17.8 Å². The Hall–Kier alpha value is -4.43. The van der Waals surface area contributed by atoms with Gasteiger partial charge in [0.2, 0.25) is 5.95 Å². The molecule has 0 bridgehead atoms. The first kappa shape index (κ1) is 23.0. The zero-order valence-electron chi connectivity index (χ0n) is 20.3. The summed E-state index contributed by atoms with van der Waals surface area (Å²) in [5.41, 5.74) is 3.08. The molecule has 0 spiro atoms. The van der Waals surface area contributed by atoms with Crippen LogP contribution in [-0.4, -0.2) is 72.4 Å². The number of hydrogen-bond donors (Lipinski definition) is 3. The van der Waals surface area contributed by atoms with E-state index in [1.807, 2.05) is 12.1 Å². The van der Waals surface area contributed by atoms with E-state index in [0.717, 1.165) is 42.8 Å². The second-order valence-electron chi connectivity index (χ2n) is 9.50. The maximum atomic E-state index is 11.0. The molecule has 0 unspecified atom stereocenters. The molecule has 1 saturated heterocycles. The van der Waals surface area contributed by atoms with Crippen LogP contribution in [0.4, 0.5) is 17.6 Å².